The number of hydrogen-bond acceptors (Lipinski definition) is 7. The number of furan rings is 1. The molecule has 2 aromatic heterocycles. The lowest BCUT2D eigenvalue weighted by atomic mass is 10.2. The number of aromatic nitrogens is 1. The van der Waals surface area contributed by atoms with Gasteiger partial charge in [-0.05, 0) is 54.2 Å². The molecule has 0 fully saturated rings. The third kappa shape index (κ3) is 4.24. The van der Waals surface area contributed by atoms with E-state index in [1.807, 2.05) is 30.3 Å². The molecule has 0 aliphatic heterocycles. The largest absolute Gasteiger partial charge is 0.497 e. The summed E-state index contributed by atoms with van der Waals surface area (Å²) in [4.78, 5) is 16.7. The van der Waals surface area contributed by atoms with Gasteiger partial charge < -0.3 is 9.15 Å². The summed E-state index contributed by atoms with van der Waals surface area (Å²) >= 11 is 3.07. The predicted molar refractivity (Wildman–Crippen MR) is 111 cm³/mol. The van der Waals surface area contributed by atoms with Crippen molar-refractivity contribution in [3.8, 4) is 5.75 Å². The molecule has 28 heavy (non-hydrogen) atoms. The zero-order valence-electron chi connectivity index (χ0n) is 14.8. The van der Waals surface area contributed by atoms with Gasteiger partial charge in [-0.3, -0.25) is 4.79 Å². The summed E-state index contributed by atoms with van der Waals surface area (Å²) < 4.78 is 12.9. The molecule has 4 aromatic rings. The number of ether oxygens (including phenoxy) is 1. The van der Waals surface area contributed by atoms with E-state index in [0.717, 1.165) is 14.6 Å². The van der Waals surface area contributed by atoms with Crippen LogP contribution in [0.2, 0.25) is 0 Å². The molecule has 2 aromatic carbocycles. The van der Waals surface area contributed by atoms with E-state index in [0.29, 0.717) is 22.2 Å². The van der Waals surface area contributed by atoms with Crippen LogP contribution < -0.4 is 10.2 Å². The zero-order valence-corrected chi connectivity index (χ0v) is 16.4. The van der Waals surface area contributed by atoms with Gasteiger partial charge >= 0.3 is 0 Å². The minimum atomic E-state index is -0.328. The van der Waals surface area contributed by atoms with Crippen LogP contribution in [0.25, 0.3) is 10.2 Å². The molecule has 140 valence electrons. The quantitative estimate of drug-likeness (QED) is 0.365. The fraction of sp³-hybridized carbons (Fsp3) is 0.0500. The number of methoxy groups -OCH3 is 1. The van der Waals surface area contributed by atoms with Crippen LogP contribution in [0.3, 0.4) is 0 Å². The van der Waals surface area contributed by atoms with Crippen molar-refractivity contribution in [1.82, 2.24) is 10.4 Å². The summed E-state index contributed by atoms with van der Waals surface area (Å²) in [7, 11) is 1.55. The molecule has 0 saturated carbocycles. The molecule has 1 N–H and O–H groups in total. The topological polar surface area (TPSA) is 76.7 Å². The van der Waals surface area contributed by atoms with Crippen LogP contribution in [0.4, 0.5) is 0 Å². The van der Waals surface area contributed by atoms with Crippen LogP contribution in [0, 0.1) is 0 Å². The predicted octanol–water partition coefficient (Wildman–Crippen LogP) is 4.81. The number of thiazole rings is 1. The average molecular weight is 409 g/mol. The number of rotatable bonds is 6. The van der Waals surface area contributed by atoms with E-state index in [9.17, 15) is 4.79 Å². The zero-order chi connectivity index (χ0) is 19.3. The van der Waals surface area contributed by atoms with E-state index >= 15 is 0 Å². The number of benzene rings is 2. The maximum Gasteiger partial charge on any atom is 0.271 e. The van der Waals surface area contributed by atoms with E-state index in [1.54, 1.807) is 48.8 Å². The van der Waals surface area contributed by atoms with Crippen LogP contribution in [-0.2, 0) is 0 Å². The van der Waals surface area contributed by atoms with Crippen molar-refractivity contribution in [3.05, 3.63) is 72.0 Å². The smallest absolute Gasteiger partial charge is 0.271 e. The number of carbonyl (C=O) groups is 1. The van der Waals surface area contributed by atoms with Gasteiger partial charge in [0.1, 0.15) is 11.5 Å². The molecule has 2 heterocycles. The van der Waals surface area contributed by atoms with E-state index < -0.39 is 0 Å². The molecule has 0 radical (unpaired) electrons. The third-order valence-electron chi connectivity index (χ3n) is 3.75. The number of nitrogens with one attached hydrogen (secondary N) is 1. The Morgan fingerprint density at radius 2 is 2.11 bits per heavy atom. The molecule has 0 bridgehead atoms. The van der Waals surface area contributed by atoms with Crippen molar-refractivity contribution < 1.29 is 13.9 Å². The molecule has 4 rings (SSSR count). The fourth-order valence-electron chi connectivity index (χ4n) is 2.42. The van der Waals surface area contributed by atoms with Gasteiger partial charge in [0.05, 0.1) is 23.5 Å². The van der Waals surface area contributed by atoms with Crippen LogP contribution in [0.15, 0.2) is 79.6 Å². The highest BCUT2D eigenvalue weighted by atomic mass is 32.2. The Morgan fingerprint density at radius 3 is 2.96 bits per heavy atom. The van der Waals surface area contributed by atoms with Gasteiger partial charge in [-0.2, -0.15) is 5.10 Å². The van der Waals surface area contributed by atoms with Crippen molar-refractivity contribution in [1.29, 1.82) is 0 Å². The second kappa shape index (κ2) is 8.28. The SMILES string of the molecule is COc1cccc(C(=O)NN=Cc2ccc(Sc3nc4ccccc4s3)o2)c1. The molecule has 8 heteroatoms. The monoisotopic (exact) mass is 409 g/mol. The molecule has 0 spiro atoms. The molecule has 1 amide bonds. The Morgan fingerprint density at radius 1 is 1.21 bits per heavy atom. The van der Waals surface area contributed by atoms with Crippen molar-refractivity contribution in [2.24, 2.45) is 5.10 Å². The summed E-state index contributed by atoms with van der Waals surface area (Å²) in [5.74, 6) is 0.819. The lowest BCUT2D eigenvalue weighted by Crippen LogP contribution is -2.17. The lowest BCUT2D eigenvalue weighted by Gasteiger charge is -2.02. The van der Waals surface area contributed by atoms with Crippen LogP contribution in [0.5, 0.6) is 5.75 Å². The standard InChI is InChI=1S/C20H15N3O3S2/c1-25-14-6-4-5-13(11-14)19(24)23-21-12-15-9-10-18(26-15)28-20-22-16-7-2-3-8-17(16)27-20/h2-12H,1H3,(H,23,24). The molecule has 6 nitrogen and oxygen atoms in total. The van der Waals surface area contributed by atoms with Gasteiger partial charge in [0, 0.05) is 5.56 Å². The van der Waals surface area contributed by atoms with Gasteiger partial charge in [0.2, 0.25) is 0 Å². The van der Waals surface area contributed by atoms with E-state index in [1.165, 1.54) is 18.0 Å². The number of carbonyl (C=O) groups excluding carboxylic acids is 1. The first-order chi connectivity index (χ1) is 13.7. The number of para-hydroxylation sites is 1. The maximum absolute atomic E-state index is 12.1. The molecule has 0 aliphatic carbocycles. The highest BCUT2D eigenvalue weighted by Gasteiger charge is 2.09. The van der Waals surface area contributed by atoms with Gasteiger partial charge in [-0.25, -0.2) is 10.4 Å². The van der Waals surface area contributed by atoms with Crippen molar-refractivity contribution in [2.75, 3.05) is 7.11 Å². The highest BCUT2D eigenvalue weighted by Crippen LogP contribution is 2.34. The van der Waals surface area contributed by atoms with Crippen LogP contribution in [-0.4, -0.2) is 24.2 Å². The molecule has 0 aliphatic rings. The van der Waals surface area contributed by atoms with E-state index in [2.05, 4.69) is 15.5 Å². The molecular formula is C20H15N3O3S2. The lowest BCUT2D eigenvalue weighted by molar-refractivity contribution is 0.0954. The minimum absolute atomic E-state index is 0.328. The summed E-state index contributed by atoms with van der Waals surface area (Å²) in [5.41, 5.74) is 3.91. The second-order valence-electron chi connectivity index (χ2n) is 5.64. The first-order valence-electron chi connectivity index (χ1n) is 8.32. The Labute approximate surface area is 169 Å². The summed E-state index contributed by atoms with van der Waals surface area (Å²) in [6.45, 7) is 0. The van der Waals surface area contributed by atoms with Crippen molar-refractivity contribution in [2.45, 2.75) is 9.43 Å². The van der Waals surface area contributed by atoms with Gasteiger partial charge in [-0.1, -0.05) is 18.2 Å². The number of hydrazone groups is 1. The second-order valence-corrected chi connectivity index (χ2v) is 7.92. The van der Waals surface area contributed by atoms with Crippen molar-refractivity contribution in [3.63, 3.8) is 0 Å². The first-order valence-corrected chi connectivity index (χ1v) is 9.95. The number of hydrogen-bond donors (Lipinski definition) is 1. The average Bonchev–Trinajstić information content (AvgIpc) is 3.34. The highest BCUT2D eigenvalue weighted by molar-refractivity contribution is 8.01. The number of amides is 1. The maximum atomic E-state index is 12.1. The Balaban J connectivity index is 1.38. The Bertz CT molecular complexity index is 1120. The van der Waals surface area contributed by atoms with Crippen LogP contribution in [0.1, 0.15) is 16.1 Å². The summed E-state index contributed by atoms with van der Waals surface area (Å²) in [6, 6.07) is 18.5. The van der Waals surface area contributed by atoms with Gasteiger partial charge in [0.25, 0.3) is 5.91 Å². The Hall–Kier alpha value is -3.10. The first kappa shape index (κ1) is 18.3. The van der Waals surface area contributed by atoms with E-state index in [4.69, 9.17) is 9.15 Å². The van der Waals surface area contributed by atoms with Gasteiger partial charge in [0.15, 0.2) is 9.43 Å². The van der Waals surface area contributed by atoms with E-state index in [-0.39, 0.29) is 5.91 Å². The molecule has 0 atom stereocenters. The molecular weight excluding hydrogens is 394 g/mol. The summed E-state index contributed by atoms with van der Waals surface area (Å²) in [5, 5.41) is 4.66. The normalized spacial score (nSPS) is 11.2. The molecule has 0 saturated heterocycles. The third-order valence-corrected chi connectivity index (χ3v) is 5.77. The van der Waals surface area contributed by atoms with Gasteiger partial charge in [-0.15, -0.1) is 11.3 Å². The summed E-state index contributed by atoms with van der Waals surface area (Å²) in [6.07, 6.45) is 1.46. The number of fused-ring (bicyclic) bond motifs is 1. The van der Waals surface area contributed by atoms with Crippen molar-refractivity contribution >= 4 is 45.4 Å². The number of nitrogens with zero attached hydrogens (tertiary/aromatic N) is 2. The Kier molecular flexibility index (Phi) is 5.41. The van der Waals surface area contributed by atoms with Crippen LogP contribution >= 0.6 is 23.1 Å². The molecule has 0 unspecified atom stereocenters. The minimum Gasteiger partial charge on any atom is -0.497 e. The fourth-order valence-corrected chi connectivity index (χ4v) is 4.39.